The van der Waals surface area contributed by atoms with E-state index in [1.54, 1.807) is 25.6 Å². The molecule has 0 aliphatic heterocycles. The SMILES string of the molecule is COc1ccc(C(C)NC(=O)c2csc3c2CCCC3)cc1OC. The van der Waals surface area contributed by atoms with Gasteiger partial charge >= 0.3 is 0 Å². The lowest BCUT2D eigenvalue weighted by Gasteiger charge is -2.18. The van der Waals surface area contributed by atoms with Crippen LogP contribution in [0.5, 0.6) is 11.5 Å². The van der Waals surface area contributed by atoms with Crippen molar-refractivity contribution in [1.82, 2.24) is 5.32 Å². The minimum atomic E-state index is -0.101. The zero-order valence-electron chi connectivity index (χ0n) is 14.3. The van der Waals surface area contributed by atoms with Crippen molar-refractivity contribution in [3.63, 3.8) is 0 Å². The number of amides is 1. The average Bonchev–Trinajstić information content (AvgIpc) is 3.05. The lowest BCUT2D eigenvalue weighted by Crippen LogP contribution is -2.27. The van der Waals surface area contributed by atoms with Crippen LogP contribution in [0.3, 0.4) is 0 Å². The molecule has 0 saturated carbocycles. The van der Waals surface area contributed by atoms with Gasteiger partial charge in [0.2, 0.25) is 0 Å². The fraction of sp³-hybridized carbons (Fsp3) is 0.421. The molecule has 1 atom stereocenters. The molecule has 4 nitrogen and oxygen atoms in total. The molecule has 1 heterocycles. The maximum Gasteiger partial charge on any atom is 0.252 e. The minimum Gasteiger partial charge on any atom is -0.493 e. The Morgan fingerprint density at radius 3 is 2.67 bits per heavy atom. The predicted molar refractivity (Wildman–Crippen MR) is 96.4 cm³/mol. The Hall–Kier alpha value is -2.01. The summed E-state index contributed by atoms with van der Waals surface area (Å²) in [7, 11) is 3.23. The number of thiophene rings is 1. The number of benzene rings is 1. The van der Waals surface area contributed by atoms with Crippen LogP contribution in [0.2, 0.25) is 0 Å². The molecule has 1 unspecified atom stereocenters. The molecular weight excluding hydrogens is 322 g/mol. The summed E-state index contributed by atoms with van der Waals surface area (Å²) < 4.78 is 10.6. The lowest BCUT2D eigenvalue weighted by molar-refractivity contribution is 0.0939. The summed E-state index contributed by atoms with van der Waals surface area (Å²) in [6, 6.07) is 5.63. The second-order valence-corrected chi connectivity index (χ2v) is 7.03. The molecule has 1 N–H and O–H groups in total. The van der Waals surface area contributed by atoms with E-state index in [0.717, 1.165) is 24.0 Å². The predicted octanol–water partition coefficient (Wildman–Crippen LogP) is 4.14. The molecule has 1 aliphatic rings. The van der Waals surface area contributed by atoms with E-state index in [4.69, 9.17) is 9.47 Å². The number of rotatable bonds is 5. The third-order valence-corrected chi connectivity index (χ3v) is 5.65. The summed E-state index contributed by atoms with van der Waals surface area (Å²) in [6.07, 6.45) is 4.54. The molecule has 0 spiro atoms. The van der Waals surface area contributed by atoms with Gasteiger partial charge in [-0.2, -0.15) is 0 Å². The smallest absolute Gasteiger partial charge is 0.252 e. The van der Waals surface area contributed by atoms with Crippen LogP contribution >= 0.6 is 11.3 Å². The third kappa shape index (κ3) is 3.26. The summed E-state index contributed by atoms with van der Waals surface area (Å²) in [5.74, 6) is 1.37. The van der Waals surface area contributed by atoms with Gasteiger partial charge < -0.3 is 14.8 Å². The first-order valence-corrected chi connectivity index (χ1v) is 9.14. The monoisotopic (exact) mass is 345 g/mol. The molecule has 0 saturated heterocycles. The van der Waals surface area contributed by atoms with Crippen LogP contribution in [0.4, 0.5) is 0 Å². The zero-order valence-corrected chi connectivity index (χ0v) is 15.2. The number of carbonyl (C=O) groups is 1. The second-order valence-electron chi connectivity index (χ2n) is 6.07. The zero-order chi connectivity index (χ0) is 17.1. The number of fused-ring (bicyclic) bond motifs is 1. The molecular formula is C19H23NO3S. The van der Waals surface area contributed by atoms with Gasteiger partial charge in [-0.15, -0.1) is 11.3 Å². The van der Waals surface area contributed by atoms with Gasteiger partial charge in [0.25, 0.3) is 5.91 Å². The number of hydrogen-bond acceptors (Lipinski definition) is 4. The van der Waals surface area contributed by atoms with Gasteiger partial charge in [0.15, 0.2) is 11.5 Å². The Labute approximate surface area is 146 Å². The Balaban J connectivity index is 1.76. The molecule has 3 rings (SSSR count). The highest BCUT2D eigenvalue weighted by atomic mass is 32.1. The Morgan fingerprint density at radius 1 is 1.17 bits per heavy atom. The van der Waals surface area contributed by atoms with Gasteiger partial charge in [0, 0.05) is 10.3 Å². The minimum absolute atomic E-state index is 0.0108. The van der Waals surface area contributed by atoms with Crippen LogP contribution in [-0.4, -0.2) is 20.1 Å². The third-order valence-electron chi connectivity index (χ3n) is 4.56. The van der Waals surface area contributed by atoms with E-state index in [1.165, 1.54) is 23.3 Å². The van der Waals surface area contributed by atoms with E-state index < -0.39 is 0 Å². The molecule has 2 aromatic rings. The summed E-state index contributed by atoms with van der Waals surface area (Å²) >= 11 is 1.72. The maximum absolute atomic E-state index is 12.7. The van der Waals surface area contributed by atoms with E-state index in [0.29, 0.717) is 11.5 Å². The summed E-state index contributed by atoms with van der Waals surface area (Å²) in [6.45, 7) is 1.98. The molecule has 5 heteroatoms. The molecule has 0 fully saturated rings. The van der Waals surface area contributed by atoms with Crippen LogP contribution in [0.25, 0.3) is 0 Å². The Kier molecular flexibility index (Phi) is 5.09. The molecule has 1 aromatic heterocycles. The molecule has 1 aromatic carbocycles. The second kappa shape index (κ2) is 7.26. The van der Waals surface area contributed by atoms with Crippen LogP contribution in [0.1, 0.15) is 52.2 Å². The van der Waals surface area contributed by atoms with Gasteiger partial charge in [-0.1, -0.05) is 6.07 Å². The van der Waals surface area contributed by atoms with E-state index in [1.807, 2.05) is 30.5 Å². The first-order chi connectivity index (χ1) is 11.6. The van der Waals surface area contributed by atoms with Gasteiger partial charge in [-0.3, -0.25) is 4.79 Å². The number of aryl methyl sites for hydroxylation is 1. The lowest BCUT2D eigenvalue weighted by atomic mass is 9.95. The van der Waals surface area contributed by atoms with E-state index in [9.17, 15) is 4.79 Å². The fourth-order valence-corrected chi connectivity index (χ4v) is 4.29. The van der Waals surface area contributed by atoms with Crippen molar-refractivity contribution in [3.8, 4) is 11.5 Å². The highest BCUT2D eigenvalue weighted by molar-refractivity contribution is 7.10. The number of hydrogen-bond donors (Lipinski definition) is 1. The van der Waals surface area contributed by atoms with E-state index in [2.05, 4.69) is 5.32 Å². The van der Waals surface area contributed by atoms with Crippen LogP contribution in [0.15, 0.2) is 23.6 Å². The van der Waals surface area contributed by atoms with Gasteiger partial charge in [-0.05, 0) is 55.9 Å². The summed E-state index contributed by atoms with van der Waals surface area (Å²) in [4.78, 5) is 14.1. The van der Waals surface area contributed by atoms with Crippen molar-refractivity contribution in [1.29, 1.82) is 0 Å². The van der Waals surface area contributed by atoms with Crippen molar-refractivity contribution >= 4 is 17.2 Å². The molecule has 1 aliphatic carbocycles. The Morgan fingerprint density at radius 2 is 1.92 bits per heavy atom. The molecule has 24 heavy (non-hydrogen) atoms. The van der Waals surface area contributed by atoms with Crippen LogP contribution in [-0.2, 0) is 12.8 Å². The maximum atomic E-state index is 12.7. The topological polar surface area (TPSA) is 47.6 Å². The standard InChI is InChI=1S/C19H23NO3S/c1-12(13-8-9-16(22-2)17(10-13)23-3)20-19(21)15-11-24-18-7-5-4-6-14(15)18/h8-12H,4-7H2,1-3H3,(H,20,21). The first-order valence-electron chi connectivity index (χ1n) is 8.26. The van der Waals surface area contributed by atoms with Crippen LogP contribution in [0, 0.1) is 0 Å². The van der Waals surface area contributed by atoms with Gasteiger partial charge in [0.1, 0.15) is 0 Å². The largest absolute Gasteiger partial charge is 0.493 e. The number of methoxy groups -OCH3 is 2. The average molecular weight is 345 g/mol. The van der Waals surface area contributed by atoms with Crippen LogP contribution < -0.4 is 14.8 Å². The van der Waals surface area contributed by atoms with Crippen molar-refractivity contribution in [2.45, 2.75) is 38.6 Å². The highest BCUT2D eigenvalue weighted by Crippen LogP contribution is 2.32. The van der Waals surface area contributed by atoms with Crippen molar-refractivity contribution < 1.29 is 14.3 Å². The first kappa shape index (κ1) is 16.8. The number of carbonyl (C=O) groups excluding carboxylic acids is 1. The van der Waals surface area contributed by atoms with E-state index in [-0.39, 0.29) is 11.9 Å². The van der Waals surface area contributed by atoms with Crippen molar-refractivity contribution in [2.75, 3.05) is 14.2 Å². The normalized spacial score (nSPS) is 14.6. The number of ether oxygens (including phenoxy) is 2. The highest BCUT2D eigenvalue weighted by Gasteiger charge is 2.21. The summed E-state index contributed by atoms with van der Waals surface area (Å²) in [5, 5.41) is 5.12. The van der Waals surface area contributed by atoms with Gasteiger partial charge in [-0.25, -0.2) is 0 Å². The summed E-state index contributed by atoms with van der Waals surface area (Å²) in [5.41, 5.74) is 3.09. The fourth-order valence-electron chi connectivity index (χ4n) is 3.16. The van der Waals surface area contributed by atoms with Gasteiger partial charge in [0.05, 0.1) is 25.8 Å². The Bertz CT molecular complexity index is 738. The molecule has 0 radical (unpaired) electrons. The molecule has 1 amide bonds. The molecule has 128 valence electrons. The quantitative estimate of drug-likeness (QED) is 0.886. The van der Waals surface area contributed by atoms with Crippen molar-refractivity contribution in [3.05, 3.63) is 45.1 Å². The van der Waals surface area contributed by atoms with E-state index >= 15 is 0 Å². The number of nitrogens with one attached hydrogen (secondary N) is 1. The van der Waals surface area contributed by atoms with Crippen molar-refractivity contribution in [2.24, 2.45) is 0 Å². The molecule has 0 bridgehead atoms.